The maximum Gasteiger partial charge on any atom is 0.128 e. The number of halogens is 3. The van der Waals surface area contributed by atoms with Gasteiger partial charge in [0.2, 0.25) is 0 Å². The van der Waals surface area contributed by atoms with Gasteiger partial charge in [0.15, 0.2) is 0 Å². The third-order valence-corrected chi connectivity index (χ3v) is 3.35. The van der Waals surface area contributed by atoms with Crippen LogP contribution in [0.4, 0.5) is 0 Å². The minimum Gasteiger partial charge on any atom is -0.496 e. The van der Waals surface area contributed by atoms with Crippen molar-refractivity contribution in [2.24, 2.45) is 0 Å². The van der Waals surface area contributed by atoms with Crippen molar-refractivity contribution in [3.63, 3.8) is 0 Å². The Morgan fingerprint density at radius 1 is 0.765 bits per heavy atom. The van der Waals surface area contributed by atoms with Crippen molar-refractivity contribution in [3.8, 4) is 16.9 Å². The van der Waals surface area contributed by atoms with Crippen LogP contribution in [0.2, 0.25) is 15.1 Å². The molecule has 2 aromatic carbocycles. The van der Waals surface area contributed by atoms with Gasteiger partial charge in [-0.15, -0.1) is 0 Å². The summed E-state index contributed by atoms with van der Waals surface area (Å²) in [5, 5.41) is 1.65. The van der Waals surface area contributed by atoms with Gasteiger partial charge in [-0.2, -0.15) is 0 Å². The molecule has 0 aromatic heterocycles. The highest BCUT2D eigenvalue weighted by molar-refractivity contribution is 6.41. The van der Waals surface area contributed by atoms with E-state index in [9.17, 15) is 0 Å². The van der Waals surface area contributed by atoms with Crippen molar-refractivity contribution in [1.82, 2.24) is 0 Å². The molecule has 0 bridgehead atoms. The van der Waals surface area contributed by atoms with Crippen LogP contribution < -0.4 is 4.74 Å². The number of benzene rings is 2. The summed E-state index contributed by atoms with van der Waals surface area (Å²) in [6, 6.07) is 10.7. The minimum absolute atomic E-state index is 0.545. The van der Waals surface area contributed by atoms with E-state index in [-0.39, 0.29) is 0 Å². The summed E-state index contributed by atoms with van der Waals surface area (Å²) in [5.41, 5.74) is 1.41. The normalized spacial score (nSPS) is 10.4. The summed E-state index contributed by atoms with van der Waals surface area (Å²) in [6.07, 6.45) is 0. The van der Waals surface area contributed by atoms with E-state index in [1.54, 1.807) is 31.4 Å². The van der Waals surface area contributed by atoms with Crippen LogP contribution in [0.15, 0.2) is 36.4 Å². The molecule has 0 radical (unpaired) electrons. The fourth-order valence-electron chi connectivity index (χ4n) is 1.65. The lowest BCUT2D eigenvalue weighted by Crippen LogP contribution is -1.90. The van der Waals surface area contributed by atoms with E-state index >= 15 is 0 Å². The smallest absolute Gasteiger partial charge is 0.128 e. The highest BCUT2D eigenvalue weighted by Crippen LogP contribution is 2.43. The third kappa shape index (κ3) is 2.37. The highest BCUT2D eigenvalue weighted by atomic mass is 35.5. The third-order valence-electron chi connectivity index (χ3n) is 2.41. The molecule has 2 aromatic rings. The van der Waals surface area contributed by atoms with E-state index < -0.39 is 0 Å². The molecular weight excluding hydrogens is 279 g/mol. The largest absolute Gasteiger partial charge is 0.496 e. The quantitative estimate of drug-likeness (QED) is 0.726. The summed E-state index contributed by atoms with van der Waals surface area (Å²) in [5.74, 6) is 0.646. The molecule has 0 aliphatic carbocycles. The van der Waals surface area contributed by atoms with E-state index in [2.05, 4.69) is 0 Å². The van der Waals surface area contributed by atoms with Crippen LogP contribution in [0.3, 0.4) is 0 Å². The Morgan fingerprint density at radius 3 is 1.76 bits per heavy atom. The maximum atomic E-state index is 6.19. The van der Waals surface area contributed by atoms with Crippen molar-refractivity contribution in [2.75, 3.05) is 7.11 Å². The van der Waals surface area contributed by atoms with E-state index in [1.807, 2.05) is 12.1 Å². The second-order valence-corrected chi connectivity index (χ2v) is 4.64. The molecule has 0 heterocycles. The SMILES string of the molecule is COc1cccc(Cl)c1-c1c(Cl)cccc1Cl. The van der Waals surface area contributed by atoms with Gasteiger partial charge < -0.3 is 4.74 Å². The monoisotopic (exact) mass is 286 g/mol. The fraction of sp³-hybridized carbons (Fsp3) is 0.0769. The second-order valence-electron chi connectivity index (χ2n) is 3.41. The van der Waals surface area contributed by atoms with Gasteiger partial charge in [0.1, 0.15) is 5.75 Å². The average molecular weight is 288 g/mol. The summed E-state index contributed by atoms with van der Waals surface area (Å²) in [4.78, 5) is 0. The fourth-order valence-corrected chi connectivity index (χ4v) is 2.50. The Morgan fingerprint density at radius 2 is 1.24 bits per heavy atom. The Bertz CT molecular complexity index is 532. The predicted molar refractivity (Wildman–Crippen MR) is 73.5 cm³/mol. The van der Waals surface area contributed by atoms with Crippen LogP contribution in [-0.4, -0.2) is 7.11 Å². The predicted octanol–water partition coefficient (Wildman–Crippen LogP) is 5.32. The molecule has 88 valence electrons. The molecule has 0 spiro atoms. The first-order chi connectivity index (χ1) is 8.15. The molecule has 4 heteroatoms. The van der Waals surface area contributed by atoms with Crippen molar-refractivity contribution in [3.05, 3.63) is 51.5 Å². The molecule has 0 N–H and O–H groups in total. The van der Waals surface area contributed by atoms with Gasteiger partial charge in [0.05, 0.1) is 22.2 Å². The summed E-state index contributed by atoms with van der Waals surface area (Å²) < 4.78 is 5.29. The van der Waals surface area contributed by atoms with Gasteiger partial charge in [-0.25, -0.2) is 0 Å². The summed E-state index contributed by atoms with van der Waals surface area (Å²) >= 11 is 18.5. The summed E-state index contributed by atoms with van der Waals surface area (Å²) in [6.45, 7) is 0. The average Bonchev–Trinajstić information content (AvgIpc) is 2.30. The molecule has 0 aliphatic heterocycles. The second kappa shape index (κ2) is 5.18. The number of hydrogen-bond acceptors (Lipinski definition) is 1. The first-order valence-corrected chi connectivity index (χ1v) is 6.05. The van der Waals surface area contributed by atoms with Crippen molar-refractivity contribution in [2.45, 2.75) is 0 Å². The molecule has 1 nitrogen and oxygen atoms in total. The Hall–Kier alpha value is -0.890. The lowest BCUT2D eigenvalue weighted by atomic mass is 10.0. The van der Waals surface area contributed by atoms with Crippen molar-refractivity contribution >= 4 is 34.8 Å². The molecule has 0 unspecified atom stereocenters. The van der Waals surface area contributed by atoms with Crippen LogP contribution in [0.5, 0.6) is 5.75 Å². The van der Waals surface area contributed by atoms with Crippen molar-refractivity contribution in [1.29, 1.82) is 0 Å². The van der Waals surface area contributed by atoms with Crippen LogP contribution >= 0.6 is 34.8 Å². The Kier molecular flexibility index (Phi) is 3.82. The Labute approximate surface area is 115 Å². The number of methoxy groups -OCH3 is 1. The van der Waals surface area contributed by atoms with Gasteiger partial charge in [-0.1, -0.05) is 46.9 Å². The van der Waals surface area contributed by atoms with E-state index in [1.165, 1.54) is 0 Å². The standard InChI is InChI=1S/C13H9Cl3O/c1-17-11-7-3-6-10(16)13(11)12-8(14)4-2-5-9(12)15/h2-7H,1H3. The summed E-state index contributed by atoms with van der Waals surface area (Å²) in [7, 11) is 1.58. The van der Waals surface area contributed by atoms with E-state index in [4.69, 9.17) is 39.5 Å². The topological polar surface area (TPSA) is 9.23 Å². The number of rotatable bonds is 2. The number of hydrogen-bond donors (Lipinski definition) is 0. The van der Waals surface area contributed by atoms with Gasteiger partial charge in [-0.3, -0.25) is 0 Å². The molecule has 0 aliphatic rings. The lowest BCUT2D eigenvalue weighted by Gasteiger charge is -2.13. The molecule has 0 atom stereocenters. The van der Waals surface area contributed by atoms with Crippen LogP contribution in [0.1, 0.15) is 0 Å². The number of ether oxygens (including phenoxy) is 1. The van der Waals surface area contributed by atoms with Crippen LogP contribution in [0.25, 0.3) is 11.1 Å². The highest BCUT2D eigenvalue weighted by Gasteiger charge is 2.16. The Balaban J connectivity index is 2.76. The molecule has 0 saturated heterocycles. The minimum atomic E-state index is 0.545. The maximum absolute atomic E-state index is 6.19. The molecule has 0 saturated carbocycles. The zero-order valence-corrected chi connectivity index (χ0v) is 11.3. The van der Waals surface area contributed by atoms with Crippen LogP contribution in [-0.2, 0) is 0 Å². The molecule has 17 heavy (non-hydrogen) atoms. The zero-order chi connectivity index (χ0) is 12.4. The van der Waals surface area contributed by atoms with Crippen LogP contribution in [0, 0.1) is 0 Å². The van der Waals surface area contributed by atoms with Crippen molar-refractivity contribution < 1.29 is 4.74 Å². The molecule has 0 amide bonds. The van der Waals surface area contributed by atoms with E-state index in [0.717, 1.165) is 0 Å². The molecule has 0 fully saturated rings. The van der Waals surface area contributed by atoms with Gasteiger partial charge in [-0.05, 0) is 24.3 Å². The first kappa shape index (κ1) is 12.6. The zero-order valence-electron chi connectivity index (χ0n) is 9.01. The molecular formula is C13H9Cl3O. The van der Waals surface area contributed by atoms with Gasteiger partial charge >= 0.3 is 0 Å². The first-order valence-electron chi connectivity index (χ1n) is 4.92. The van der Waals surface area contributed by atoms with Gasteiger partial charge in [0.25, 0.3) is 0 Å². The molecule has 2 rings (SSSR count). The van der Waals surface area contributed by atoms with E-state index in [0.29, 0.717) is 31.9 Å². The van der Waals surface area contributed by atoms with Gasteiger partial charge in [0, 0.05) is 11.1 Å². The lowest BCUT2D eigenvalue weighted by molar-refractivity contribution is 0.416.